The molecule has 0 saturated heterocycles. The first-order valence-electron chi connectivity index (χ1n) is 6.99. The van der Waals surface area contributed by atoms with E-state index in [1.807, 2.05) is 0 Å². The minimum absolute atomic E-state index is 0.552. The molecule has 0 unspecified atom stereocenters. The van der Waals surface area contributed by atoms with E-state index in [0.717, 1.165) is 36.8 Å². The number of hydrogen-bond donors (Lipinski definition) is 1. The van der Waals surface area contributed by atoms with Gasteiger partial charge in [-0.3, -0.25) is 0 Å². The smallest absolute Gasteiger partial charge is 0.155 e. The van der Waals surface area contributed by atoms with Crippen molar-refractivity contribution in [1.82, 2.24) is 10.2 Å². The second-order valence-corrected chi connectivity index (χ2v) is 5.16. The molecule has 1 saturated carbocycles. The molecule has 4 heteroatoms. The van der Waals surface area contributed by atoms with E-state index in [9.17, 15) is 0 Å². The van der Waals surface area contributed by atoms with Gasteiger partial charge in [0.1, 0.15) is 0 Å². The zero-order chi connectivity index (χ0) is 13.1. The molecule has 18 heavy (non-hydrogen) atoms. The molecule has 0 aliphatic heterocycles. The zero-order valence-corrected chi connectivity index (χ0v) is 11.7. The molecule has 0 bridgehead atoms. The van der Waals surface area contributed by atoms with Crippen molar-refractivity contribution in [3.63, 3.8) is 0 Å². The van der Waals surface area contributed by atoms with Gasteiger partial charge in [-0.2, -0.15) is 5.10 Å². The minimum Gasteiger partial charge on any atom is -0.358 e. The van der Waals surface area contributed by atoms with Crippen LogP contribution < -0.4 is 10.6 Å². The Morgan fingerprint density at radius 3 is 2.39 bits per heavy atom. The summed E-state index contributed by atoms with van der Waals surface area (Å²) in [6.45, 7) is 5.92. The van der Waals surface area contributed by atoms with Crippen molar-refractivity contribution in [1.29, 1.82) is 0 Å². The molecule has 4 nitrogen and oxygen atoms in total. The molecule has 0 amide bonds. The normalized spacial score (nSPS) is 14.9. The Hall–Kier alpha value is -1.16. The summed E-state index contributed by atoms with van der Waals surface area (Å²) in [5, 5.41) is 8.78. The predicted molar refractivity (Wildman–Crippen MR) is 74.7 cm³/mol. The van der Waals surface area contributed by atoms with E-state index in [0.29, 0.717) is 6.54 Å². The highest BCUT2D eigenvalue weighted by Crippen LogP contribution is 2.31. The lowest BCUT2D eigenvalue weighted by Crippen LogP contribution is -2.25. The van der Waals surface area contributed by atoms with Crippen LogP contribution in [0.25, 0.3) is 0 Å². The summed E-state index contributed by atoms with van der Waals surface area (Å²) in [6.07, 6.45) is 4.61. The van der Waals surface area contributed by atoms with Crippen LogP contribution in [0, 0.1) is 5.92 Å². The van der Waals surface area contributed by atoms with E-state index in [1.165, 1.54) is 24.0 Å². The Labute approximate surface area is 110 Å². The Morgan fingerprint density at radius 1 is 1.17 bits per heavy atom. The molecule has 1 aromatic rings. The largest absolute Gasteiger partial charge is 0.358 e. The van der Waals surface area contributed by atoms with Crippen LogP contribution in [-0.4, -0.2) is 23.8 Å². The highest BCUT2D eigenvalue weighted by molar-refractivity contribution is 5.51. The summed E-state index contributed by atoms with van der Waals surface area (Å²) in [5.74, 6) is 1.83. The molecule has 100 valence electrons. The van der Waals surface area contributed by atoms with Gasteiger partial charge in [-0.15, -0.1) is 5.10 Å². The first-order valence-corrected chi connectivity index (χ1v) is 6.99. The van der Waals surface area contributed by atoms with Crippen LogP contribution in [-0.2, 0) is 19.4 Å². The maximum absolute atomic E-state index is 5.94. The molecular formula is C14H24N4. The van der Waals surface area contributed by atoms with Crippen LogP contribution in [0.4, 0.5) is 5.82 Å². The lowest BCUT2D eigenvalue weighted by molar-refractivity contribution is 0.745. The summed E-state index contributed by atoms with van der Waals surface area (Å²) in [4.78, 5) is 2.23. The van der Waals surface area contributed by atoms with E-state index >= 15 is 0 Å². The van der Waals surface area contributed by atoms with Gasteiger partial charge in [-0.1, -0.05) is 13.8 Å². The van der Waals surface area contributed by atoms with E-state index in [2.05, 4.69) is 36.0 Å². The molecule has 1 aromatic heterocycles. The fourth-order valence-electron chi connectivity index (χ4n) is 2.53. The van der Waals surface area contributed by atoms with Gasteiger partial charge < -0.3 is 10.6 Å². The van der Waals surface area contributed by atoms with E-state index in [4.69, 9.17) is 5.73 Å². The second kappa shape index (κ2) is 5.65. The monoisotopic (exact) mass is 248 g/mol. The molecule has 2 N–H and O–H groups in total. The van der Waals surface area contributed by atoms with Gasteiger partial charge in [0, 0.05) is 25.7 Å². The van der Waals surface area contributed by atoms with Gasteiger partial charge in [-0.25, -0.2) is 0 Å². The Morgan fingerprint density at radius 2 is 1.89 bits per heavy atom. The van der Waals surface area contributed by atoms with Gasteiger partial charge in [0.2, 0.25) is 0 Å². The molecular weight excluding hydrogens is 224 g/mol. The Kier molecular flexibility index (Phi) is 4.17. The standard InChI is InChI=1S/C14H24N4/c1-4-11-12(8-15)14(17-16-13(11)5-2)18(3)9-10-6-7-10/h10H,4-9,15H2,1-3H3. The van der Waals surface area contributed by atoms with Crippen molar-refractivity contribution in [2.45, 2.75) is 46.1 Å². The number of aromatic nitrogens is 2. The highest BCUT2D eigenvalue weighted by Gasteiger charge is 2.25. The molecule has 1 heterocycles. The van der Waals surface area contributed by atoms with Gasteiger partial charge in [-0.05, 0) is 37.2 Å². The van der Waals surface area contributed by atoms with Crippen LogP contribution in [0.1, 0.15) is 43.5 Å². The quantitative estimate of drug-likeness (QED) is 0.835. The average molecular weight is 248 g/mol. The van der Waals surface area contributed by atoms with Crippen molar-refractivity contribution in [2.75, 3.05) is 18.5 Å². The number of hydrogen-bond acceptors (Lipinski definition) is 4. The lowest BCUT2D eigenvalue weighted by Gasteiger charge is -2.22. The number of nitrogens with two attached hydrogens (primary N) is 1. The number of nitrogens with zero attached hydrogens (tertiary/aromatic N) is 3. The van der Waals surface area contributed by atoms with Crippen molar-refractivity contribution < 1.29 is 0 Å². The molecule has 1 aliphatic rings. The number of aryl methyl sites for hydroxylation is 1. The zero-order valence-electron chi connectivity index (χ0n) is 11.7. The van der Waals surface area contributed by atoms with E-state index in [-0.39, 0.29) is 0 Å². The SMILES string of the molecule is CCc1nnc(N(C)CC2CC2)c(CN)c1CC. The van der Waals surface area contributed by atoms with E-state index < -0.39 is 0 Å². The summed E-state index contributed by atoms with van der Waals surface area (Å²) in [6, 6.07) is 0. The van der Waals surface area contributed by atoms with E-state index in [1.54, 1.807) is 0 Å². The first-order chi connectivity index (χ1) is 8.71. The average Bonchev–Trinajstić information content (AvgIpc) is 3.20. The van der Waals surface area contributed by atoms with Gasteiger partial charge in [0.15, 0.2) is 5.82 Å². The summed E-state index contributed by atoms with van der Waals surface area (Å²) < 4.78 is 0. The molecule has 0 spiro atoms. The van der Waals surface area contributed by atoms with Crippen molar-refractivity contribution in [3.05, 3.63) is 16.8 Å². The lowest BCUT2D eigenvalue weighted by atomic mass is 10.0. The third-order valence-electron chi connectivity index (χ3n) is 3.73. The van der Waals surface area contributed by atoms with Gasteiger partial charge >= 0.3 is 0 Å². The van der Waals surface area contributed by atoms with Crippen LogP contribution in [0.5, 0.6) is 0 Å². The third-order valence-corrected chi connectivity index (χ3v) is 3.73. The molecule has 1 aliphatic carbocycles. The summed E-state index contributed by atoms with van der Waals surface area (Å²) in [5.41, 5.74) is 9.53. The van der Waals surface area contributed by atoms with Crippen molar-refractivity contribution >= 4 is 5.82 Å². The van der Waals surface area contributed by atoms with Crippen molar-refractivity contribution in [3.8, 4) is 0 Å². The summed E-state index contributed by atoms with van der Waals surface area (Å²) in [7, 11) is 2.10. The number of rotatable bonds is 6. The van der Waals surface area contributed by atoms with Crippen molar-refractivity contribution in [2.24, 2.45) is 11.7 Å². The summed E-state index contributed by atoms with van der Waals surface area (Å²) >= 11 is 0. The fourth-order valence-corrected chi connectivity index (χ4v) is 2.53. The van der Waals surface area contributed by atoms with Crippen LogP contribution in [0.15, 0.2) is 0 Å². The molecule has 0 atom stereocenters. The molecule has 2 rings (SSSR count). The number of anilines is 1. The fraction of sp³-hybridized carbons (Fsp3) is 0.714. The molecule has 1 fully saturated rings. The van der Waals surface area contributed by atoms with Gasteiger partial charge in [0.25, 0.3) is 0 Å². The first kappa shape index (κ1) is 13.3. The third kappa shape index (κ3) is 2.64. The van der Waals surface area contributed by atoms with Crippen LogP contribution >= 0.6 is 0 Å². The Bertz CT molecular complexity index is 413. The van der Waals surface area contributed by atoms with Gasteiger partial charge in [0.05, 0.1) is 5.69 Å². The molecule has 0 radical (unpaired) electrons. The molecule has 0 aromatic carbocycles. The predicted octanol–water partition coefficient (Wildman–Crippen LogP) is 1.91. The highest BCUT2D eigenvalue weighted by atomic mass is 15.3. The van der Waals surface area contributed by atoms with Crippen LogP contribution in [0.2, 0.25) is 0 Å². The minimum atomic E-state index is 0.552. The maximum atomic E-state index is 5.94. The topological polar surface area (TPSA) is 55.0 Å². The maximum Gasteiger partial charge on any atom is 0.155 e. The second-order valence-electron chi connectivity index (χ2n) is 5.16. The Balaban J connectivity index is 2.33. The van der Waals surface area contributed by atoms with Crippen LogP contribution in [0.3, 0.4) is 0 Å².